The van der Waals surface area contributed by atoms with E-state index >= 15 is 0 Å². The average Bonchev–Trinajstić information content (AvgIpc) is 3.42. The lowest BCUT2D eigenvalue weighted by Gasteiger charge is -2.65. The second-order valence-corrected chi connectivity index (χ2v) is 13.9. The van der Waals surface area contributed by atoms with E-state index in [0.717, 1.165) is 44.1 Å². The maximum absolute atomic E-state index is 12.4. The van der Waals surface area contributed by atoms with Gasteiger partial charge in [-0.05, 0) is 93.0 Å². The first-order valence-corrected chi connectivity index (χ1v) is 14.9. The van der Waals surface area contributed by atoms with E-state index < -0.39 is 47.8 Å². The first-order valence-electron chi connectivity index (χ1n) is 14.9. The summed E-state index contributed by atoms with van der Waals surface area (Å²) in [7, 11) is 1.47. The van der Waals surface area contributed by atoms with E-state index in [0.29, 0.717) is 25.4 Å². The molecule has 4 aliphatic carbocycles. The van der Waals surface area contributed by atoms with Gasteiger partial charge >= 0.3 is 5.97 Å². The molecular formula is C30H46O9. The van der Waals surface area contributed by atoms with Gasteiger partial charge in [0.1, 0.15) is 24.9 Å². The standard InChI is InChI=1S/C30H46O9/c1-15-24(33)26(36-4)25(34)27(38-15)39-18-7-9-28(2)17(12-18)5-6-20-23(28)21(31)13-29(3)19(8-10-30(20,29)35)16-11-22(32)37-14-16/h11,15,17-21,23-27,31,33-35H,5-10,12-14H2,1-4H3/t15-,17+,18+,19+,20+,21+,23+,24-,25-,26-,27-,28-,29+,30+/m0/s1. The van der Waals surface area contributed by atoms with Crippen LogP contribution in [0.3, 0.4) is 0 Å². The number of hydrogen-bond donors (Lipinski definition) is 4. The monoisotopic (exact) mass is 550 g/mol. The van der Waals surface area contributed by atoms with Crippen LogP contribution in [-0.4, -0.2) is 88.6 Å². The summed E-state index contributed by atoms with van der Waals surface area (Å²) < 4.78 is 22.7. The number of carbonyl (C=O) groups is 1. The Bertz CT molecular complexity index is 1000. The van der Waals surface area contributed by atoms with Crippen molar-refractivity contribution < 1.29 is 44.2 Å². The smallest absolute Gasteiger partial charge is 0.331 e. The van der Waals surface area contributed by atoms with Crippen LogP contribution in [0.2, 0.25) is 0 Å². The quantitative estimate of drug-likeness (QED) is 0.307. The summed E-state index contributed by atoms with van der Waals surface area (Å²) in [6.07, 6.45) is 3.05. The summed E-state index contributed by atoms with van der Waals surface area (Å²) in [6, 6.07) is 0. The van der Waals surface area contributed by atoms with E-state index in [9.17, 15) is 25.2 Å². The van der Waals surface area contributed by atoms with Gasteiger partial charge in [0, 0.05) is 18.6 Å². The van der Waals surface area contributed by atoms with Crippen LogP contribution < -0.4 is 0 Å². The Balaban J connectivity index is 1.18. The average molecular weight is 551 g/mol. The van der Waals surface area contributed by atoms with Crippen molar-refractivity contribution in [3.8, 4) is 0 Å². The van der Waals surface area contributed by atoms with E-state index in [-0.39, 0.29) is 35.2 Å². The molecule has 0 amide bonds. The molecule has 5 fully saturated rings. The summed E-state index contributed by atoms with van der Waals surface area (Å²) in [5.74, 6) is 0.0523. The molecule has 6 aliphatic rings. The largest absolute Gasteiger partial charge is 0.458 e. The second-order valence-electron chi connectivity index (χ2n) is 13.9. The van der Waals surface area contributed by atoms with Gasteiger partial charge in [-0.15, -0.1) is 0 Å². The van der Waals surface area contributed by atoms with Crippen LogP contribution in [0, 0.1) is 34.5 Å². The summed E-state index contributed by atoms with van der Waals surface area (Å²) >= 11 is 0. The predicted octanol–water partition coefficient (Wildman–Crippen LogP) is 2.08. The first-order chi connectivity index (χ1) is 18.4. The highest BCUT2D eigenvalue weighted by molar-refractivity contribution is 5.85. The molecule has 0 unspecified atom stereocenters. The Labute approximate surface area is 230 Å². The molecule has 0 aromatic rings. The Morgan fingerprint density at radius 3 is 2.51 bits per heavy atom. The maximum Gasteiger partial charge on any atom is 0.331 e. The van der Waals surface area contributed by atoms with Crippen molar-refractivity contribution >= 4 is 5.97 Å². The van der Waals surface area contributed by atoms with Crippen LogP contribution in [0.1, 0.15) is 72.1 Å². The van der Waals surface area contributed by atoms with E-state index in [4.69, 9.17) is 18.9 Å². The van der Waals surface area contributed by atoms with Gasteiger partial charge in [-0.3, -0.25) is 0 Å². The Kier molecular flexibility index (Phi) is 7.02. The minimum atomic E-state index is -1.08. The van der Waals surface area contributed by atoms with Gasteiger partial charge in [0.2, 0.25) is 0 Å². The lowest BCUT2D eigenvalue weighted by molar-refractivity contribution is -0.314. The molecule has 2 aliphatic heterocycles. The van der Waals surface area contributed by atoms with Crippen molar-refractivity contribution in [2.45, 2.75) is 121 Å². The molecule has 4 saturated carbocycles. The van der Waals surface area contributed by atoms with E-state index in [2.05, 4.69) is 13.8 Å². The number of hydrogen-bond acceptors (Lipinski definition) is 9. The van der Waals surface area contributed by atoms with Crippen LogP contribution in [-0.2, 0) is 23.7 Å². The molecule has 0 aromatic heterocycles. The van der Waals surface area contributed by atoms with Gasteiger partial charge in [0.25, 0.3) is 0 Å². The fourth-order valence-corrected chi connectivity index (χ4v) is 10.2. The molecule has 0 spiro atoms. The minimum Gasteiger partial charge on any atom is -0.458 e. The molecule has 4 N–H and O–H groups in total. The van der Waals surface area contributed by atoms with Crippen LogP contribution in [0.5, 0.6) is 0 Å². The Morgan fingerprint density at radius 2 is 1.82 bits per heavy atom. The Hall–Kier alpha value is -1.07. The van der Waals surface area contributed by atoms with Crippen molar-refractivity contribution in [2.75, 3.05) is 13.7 Å². The first kappa shape index (κ1) is 28.1. The third kappa shape index (κ3) is 4.09. The van der Waals surface area contributed by atoms with Crippen LogP contribution in [0.15, 0.2) is 11.6 Å². The second kappa shape index (κ2) is 9.75. The number of carbonyl (C=O) groups excluding carboxylic acids is 1. The number of methoxy groups -OCH3 is 1. The third-order valence-corrected chi connectivity index (χ3v) is 12.3. The molecule has 9 nitrogen and oxygen atoms in total. The number of aliphatic hydroxyl groups excluding tert-OH is 3. The molecule has 1 saturated heterocycles. The zero-order chi connectivity index (χ0) is 27.9. The number of fused-ring (bicyclic) bond motifs is 5. The van der Waals surface area contributed by atoms with Crippen molar-refractivity contribution in [2.24, 2.45) is 34.5 Å². The normalized spacial score (nSPS) is 55.3. The summed E-state index contributed by atoms with van der Waals surface area (Å²) in [5.41, 5.74) is -0.550. The summed E-state index contributed by atoms with van der Waals surface area (Å²) in [5, 5.41) is 45.2. The molecule has 14 atom stereocenters. The number of aliphatic hydroxyl groups is 4. The van der Waals surface area contributed by atoms with Crippen molar-refractivity contribution in [3.63, 3.8) is 0 Å². The zero-order valence-electron chi connectivity index (χ0n) is 23.6. The summed E-state index contributed by atoms with van der Waals surface area (Å²) in [6.45, 7) is 6.46. The third-order valence-electron chi connectivity index (χ3n) is 12.3. The molecule has 9 heteroatoms. The van der Waals surface area contributed by atoms with Crippen LogP contribution in [0.4, 0.5) is 0 Å². The van der Waals surface area contributed by atoms with Crippen molar-refractivity contribution in [1.82, 2.24) is 0 Å². The van der Waals surface area contributed by atoms with Gasteiger partial charge < -0.3 is 39.4 Å². The number of rotatable bonds is 4. The summed E-state index contributed by atoms with van der Waals surface area (Å²) in [4.78, 5) is 11.8. The SMILES string of the molecule is CO[C@@H]1[C@H](O)[C@H](O[C@@H]2CC[C@@]3(C)[C@H](CC[C@@H]4[C@@H]3[C@H](O)C[C@]3(C)[C@@H](C5=CC(=O)OC5)CC[C@@]43O)C2)O[C@@H](C)[C@@H]1O. The van der Waals surface area contributed by atoms with Gasteiger partial charge in [0.15, 0.2) is 6.29 Å². The molecular weight excluding hydrogens is 504 g/mol. The minimum absolute atomic E-state index is 0.00175. The molecule has 220 valence electrons. The van der Waals surface area contributed by atoms with E-state index in [1.54, 1.807) is 13.0 Å². The maximum atomic E-state index is 12.4. The van der Waals surface area contributed by atoms with Crippen LogP contribution >= 0.6 is 0 Å². The number of ether oxygens (including phenoxy) is 4. The molecule has 2 heterocycles. The molecule has 39 heavy (non-hydrogen) atoms. The topological polar surface area (TPSA) is 135 Å². The predicted molar refractivity (Wildman–Crippen MR) is 139 cm³/mol. The molecule has 0 aromatic carbocycles. The highest BCUT2D eigenvalue weighted by Crippen LogP contribution is 2.70. The highest BCUT2D eigenvalue weighted by Gasteiger charge is 2.70. The van der Waals surface area contributed by atoms with E-state index in [1.807, 2.05) is 0 Å². The fraction of sp³-hybridized carbons (Fsp3) is 0.900. The highest BCUT2D eigenvalue weighted by atomic mass is 16.7. The Morgan fingerprint density at radius 1 is 1.05 bits per heavy atom. The van der Waals surface area contributed by atoms with Crippen molar-refractivity contribution in [1.29, 1.82) is 0 Å². The van der Waals surface area contributed by atoms with Crippen molar-refractivity contribution in [3.05, 3.63) is 11.6 Å². The molecule has 0 bridgehead atoms. The fourth-order valence-electron chi connectivity index (χ4n) is 10.2. The molecule has 0 radical (unpaired) electrons. The number of cyclic esters (lactones) is 1. The number of esters is 1. The zero-order valence-corrected chi connectivity index (χ0v) is 23.6. The van der Waals surface area contributed by atoms with Gasteiger partial charge in [-0.2, -0.15) is 0 Å². The molecule has 6 rings (SSSR count). The van der Waals surface area contributed by atoms with Gasteiger partial charge in [-0.1, -0.05) is 13.8 Å². The lowest BCUT2D eigenvalue weighted by Crippen LogP contribution is -2.66. The van der Waals surface area contributed by atoms with E-state index in [1.165, 1.54) is 7.11 Å². The van der Waals surface area contributed by atoms with Gasteiger partial charge in [-0.25, -0.2) is 4.79 Å². The van der Waals surface area contributed by atoms with Gasteiger partial charge in [0.05, 0.1) is 23.9 Å². The lowest BCUT2D eigenvalue weighted by atomic mass is 9.42. The van der Waals surface area contributed by atoms with Crippen LogP contribution in [0.25, 0.3) is 0 Å².